The van der Waals surface area contributed by atoms with Crippen LogP contribution >= 0.6 is 0 Å². The highest BCUT2D eigenvalue weighted by molar-refractivity contribution is 5.69. The van der Waals surface area contributed by atoms with Crippen LogP contribution in [0, 0.1) is 52.3 Å². The van der Waals surface area contributed by atoms with Gasteiger partial charge in [-0.3, -0.25) is 4.79 Å². The average Bonchev–Trinajstić information content (AvgIpc) is 3.48. The van der Waals surface area contributed by atoms with E-state index in [1.54, 1.807) is 5.57 Å². The molecular weight excluding hydrogens is 633 g/mol. The number of carbonyl (C=O) groups is 1. The van der Waals surface area contributed by atoms with Crippen LogP contribution in [0.5, 0.6) is 0 Å². The van der Waals surface area contributed by atoms with E-state index in [9.17, 15) is 4.79 Å². The standard InChI is InChI=1S/C50H78O2/c1-8-9-10-11-12-13-14-15-16-17-18-19-20-21-22-23-24-25-26-27-48(51)52-43-34-36-49(6)42(38-43)30-31-44-46-33-32-45(50(46,7)37-35-47(44)49)41(5)29-28-40(4)39(2)3/h9-10,12-13,15-16,18-19,21-22,24-25,30,39-41,43-47H,8,11,14,17,20,23,26-29,31-38H2,1-7H3/b10-9-,13-12-,16-15-,19-18-,22-21-,25-24-/t40-,41-,43+,44+,45-,46+,47+,49+,50-/m1/s1. The Bertz CT molecular complexity index is 1290. The maximum atomic E-state index is 12.8. The highest BCUT2D eigenvalue weighted by Gasteiger charge is 2.59. The average molecular weight is 711 g/mol. The molecule has 0 saturated heterocycles. The molecule has 52 heavy (non-hydrogen) atoms. The molecule has 9 atom stereocenters. The van der Waals surface area contributed by atoms with Gasteiger partial charge >= 0.3 is 5.97 Å². The molecule has 2 nitrogen and oxygen atoms in total. The Morgan fingerprint density at radius 2 is 1.35 bits per heavy atom. The van der Waals surface area contributed by atoms with Crippen molar-refractivity contribution in [2.45, 2.75) is 170 Å². The normalized spacial score (nSPS) is 32.0. The molecule has 0 unspecified atom stereocenters. The van der Waals surface area contributed by atoms with Crippen molar-refractivity contribution in [1.82, 2.24) is 0 Å². The van der Waals surface area contributed by atoms with Gasteiger partial charge in [0.15, 0.2) is 0 Å². The Morgan fingerprint density at radius 1 is 0.750 bits per heavy atom. The lowest BCUT2D eigenvalue weighted by atomic mass is 9.47. The molecule has 290 valence electrons. The van der Waals surface area contributed by atoms with Crippen molar-refractivity contribution in [3.8, 4) is 0 Å². The van der Waals surface area contributed by atoms with Crippen LogP contribution in [0.2, 0.25) is 0 Å². The van der Waals surface area contributed by atoms with Crippen LogP contribution in [0.15, 0.2) is 84.6 Å². The predicted octanol–water partition coefficient (Wildman–Crippen LogP) is 14.7. The molecule has 0 aliphatic heterocycles. The fourth-order valence-electron chi connectivity index (χ4n) is 10.8. The molecule has 3 saturated carbocycles. The van der Waals surface area contributed by atoms with Crippen molar-refractivity contribution in [1.29, 1.82) is 0 Å². The third-order valence-corrected chi connectivity index (χ3v) is 14.4. The van der Waals surface area contributed by atoms with Gasteiger partial charge < -0.3 is 4.74 Å². The summed E-state index contributed by atoms with van der Waals surface area (Å²) in [6.45, 7) is 17.3. The van der Waals surface area contributed by atoms with Crippen molar-refractivity contribution in [3.63, 3.8) is 0 Å². The smallest absolute Gasteiger partial charge is 0.306 e. The van der Waals surface area contributed by atoms with E-state index in [2.05, 4.69) is 127 Å². The number of fused-ring (bicyclic) bond motifs is 5. The quantitative estimate of drug-likeness (QED) is 0.0929. The minimum atomic E-state index is -0.0234. The van der Waals surface area contributed by atoms with Crippen LogP contribution < -0.4 is 0 Å². The molecule has 0 radical (unpaired) electrons. The highest BCUT2D eigenvalue weighted by atomic mass is 16.5. The second kappa shape index (κ2) is 21.5. The summed E-state index contributed by atoms with van der Waals surface area (Å²) in [5.41, 5.74) is 2.44. The molecule has 4 aliphatic rings. The molecule has 0 aromatic carbocycles. The first-order valence-corrected chi connectivity index (χ1v) is 21.9. The Hall–Kier alpha value is -2.35. The van der Waals surface area contributed by atoms with E-state index in [1.165, 1.54) is 51.4 Å². The van der Waals surface area contributed by atoms with Crippen LogP contribution in [-0.4, -0.2) is 12.1 Å². The van der Waals surface area contributed by atoms with Crippen molar-refractivity contribution in [2.75, 3.05) is 0 Å². The zero-order valence-corrected chi connectivity index (χ0v) is 34.7. The van der Waals surface area contributed by atoms with E-state index in [0.29, 0.717) is 17.3 Å². The van der Waals surface area contributed by atoms with E-state index < -0.39 is 0 Å². The molecule has 0 aromatic heterocycles. The van der Waals surface area contributed by atoms with E-state index in [-0.39, 0.29) is 12.1 Å². The number of hydrogen-bond donors (Lipinski definition) is 0. The van der Waals surface area contributed by atoms with Crippen molar-refractivity contribution < 1.29 is 9.53 Å². The molecule has 4 aliphatic carbocycles. The second-order valence-electron chi connectivity index (χ2n) is 18.1. The first kappa shape index (κ1) is 42.4. The van der Waals surface area contributed by atoms with Gasteiger partial charge in [0.05, 0.1) is 0 Å². The second-order valence-corrected chi connectivity index (χ2v) is 18.1. The topological polar surface area (TPSA) is 26.3 Å². The summed E-state index contributed by atoms with van der Waals surface area (Å²) in [5.74, 6) is 5.91. The van der Waals surface area contributed by atoms with Gasteiger partial charge in [0.1, 0.15) is 6.10 Å². The lowest BCUT2D eigenvalue weighted by Crippen LogP contribution is -2.51. The summed E-state index contributed by atoms with van der Waals surface area (Å²) < 4.78 is 6.09. The van der Waals surface area contributed by atoms with E-state index >= 15 is 0 Å². The van der Waals surface area contributed by atoms with E-state index in [0.717, 1.165) is 99.2 Å². The zero-order valence-electron chi connectivity index (χ0n) is 34.7. The Morgan fingerprint density at radius 3 is 1.94 bits per heavy atom. The Kier molecular flexibility index (Phi) is 17.5. The van der Waals surface area contributed by atoms with Gasteiger partial charge in [-0.2, -0.15) is 0 Å². The lowest BCUT2D eigenvalue weighted by Gasteiger charge is -2.58. The number of ether oxygens (including phenoxy) is 1. The molecular formula is C50H78O2. The molecule has 0 spiro atoms. The number of allylic oxidation sites excluding steroid dienone is 13. The van der Waals surface area contributed by atoms with Gasteiger partial charge in [-0.15, -0.1) is 0 Å². The summed E-state index contributed by atoms with van der Waals surface area (Å²) >= 11 is 0. The fraction of sp³-hybridized carbons (Fsp3) is 0.700. The van der Waals surface area contributed by atoms with Crippen molar-refractivity contribution >= 4 is 5.97 Å². The summed E-state index contributed by atoms with van der Waals surface area (Å²) in [7, 11) is 0. The van der Waals surface area contributed by atoms with Crippen LogP contribution in [-0.2, 0) is 9.53 Å². The van der Waals surface area contributed by atoms with E-state index in [4.69, 9.17) is 4.74 Å². The maximum absolute atomic E-state index is 12.8. The predicted molar refractivity (Wildman–Crippen MR) is 225 cm³/mol. The molecule has 0 N–H and O–H groups in total. The molecule has 2 heteroatoms. The van der Waals surface area contributed by atoms with E-state index in [1.807, 2.05) is 0 Å². The maximum Gasteiger partial charge on any atom is 0.306 e. The molecule has 4 rings (SSSR count). The number of rotatable bonds is 20. The van der Waals surface area contributed by atoms with Crippen LogP contribution in [0.4, 0.5) is 0 Å². The summed E-state index contributed by atoms with van der Waals surface area (Å²) in [4.78, 5) is 12.8. The van der Waals surface area contributed by atoms with Gasteiger partial charge in [-0.1, -0.05) is 146 Å². The Labute approximate surface area is 321 Å². The number of hydrogen-bond acceptors (Lipinski definition) is 2. The molecule has 0 aromatic rings. The SMILES string of the molecule is CC/C=C\C/C=C\C/C=C\C/C=C\C/C=C\C/C=C\CCC(=O)O[C@H]1CC[C@@]2(C)C(=CC[C@H]3[C@@H]4CC[C@H]([C@H](C)CC[C@@H](C)C(C)C)[C@@]4(C)CC[C@@H]32)C1. The lowest BCUT2D eigenvalue weighted by molar-refractivity contribution is -0.151. The molecule has 0 heterocycles. The third kappa shape index (κ3) is 11.8. The van der Waals surface area contributed by atoms with Gasteiger partial charge in [0.25, 0.3) is 0 Å². The third-order valence-electron chi connectivity index (χ3n) is 14.4. The van der Waals surface area contributed by atoms with Crippen LogP contribution in [0.1, 0.15) is 164 Å². The number of esters is 1. The largest absolute Gasteiger partial charge is 0.462 e. The van der Waals surface area contributed by atoms with Crippen molar-refractivity contribution in [2.24, 2.45) is 52.3 Å². The summed E-state index contributed by atoms with van der Waals surface area (Å²) in [5, 5.41) is 0. The zero-order chi connectivity index (χ0) is 37.4. The first-order valence-electron chi connectivity index (χ1n) is 21.9. The number of carbonyl (C=O) groups excluding carboxylic acids is 1. The van der Waals surface area contributed by atoms with Gasteiger partial charge in [0, 0.05) is 12.8 Å². The monoisotopic (exact) mass is 711 g/mol. The summed E-state index contributed by atoms with van der Waals surface area (Å²) in [6, 6.07) is 0. The molecule has 3 fully saturated rings. The van der Waals surface area contributed by atoms with Crippen LogP contribution in [0.3, 0.4) is 0 Å². The molecule has 0 bridgehead atoms. The van der Waals surface area contributed by atoms with Gasteiger partial charge in [-0.25, -0.2) is 0 Å². The molecule has 0 amide bonds. The first-order chi connectivity index (χ1) is 25.1. The van der Waals surface area contributed by atoms with Gasteiger partial charge in [0.2, 0.25) is 0 Å². The fourth-order valence-corrected chi connectivity index (χ4v) is 10.8. The minimum Gasteiger partial charge on any atom is -0.462 e. The van der Waals surface area contributed by atoms with Gasteiger partial charge in [-0.05, 0) is 142 Å². The van der Waals surface area contributed by atoms with Crippen LogP contribution in [0.25, 0.3) is 0 Å². The minimum absolute atomic E-state index is 0.0234. The summed E-state index contributed by atoms with van der Waals surface area (Å²) in [6.07, 6.45) is 49.5. The van der Waals surface area contributed by atoms with Crippen molar-refractivity contribution in [3.05, 3.63) is 84.6 Å². The Balaban J connectivity index is 1.12. The highest BCUT2D eigenvalue weighted by Crippen LogP contribution is 2.67.